The second-order valence-electron chi connectivity index (χ2n) is 7.44. The summed E-state index contributed by atoms with van der Waals surface area (Å²) in [5, 5.41) is 25.2. The number of hydrogen-bond acceptors (Lipinski definition) is 4. The molecule has 0 radical (unpaired) electrons. The van der Waals surface area contributed by atoms with Crippen LogP contribution in [0.2, 0.25) is 5.02 Å². The van der Waals surface area contributed by atoms with E-state index in [1.807, 2.05) is 54.6 Å². The van der Waals surface area contributed by atoms with Crippen LogP contribution in [0.25, 0.3) is 0 Å². The van der Waals surface area contributed by atoms with E-state index in [2.05, 4.69) is 5.32 Å². The largest absolute Gasteiger partial charge is 0.390 e. The Morgan fingerprint density at radius 2 is 1.86 bits per heavy atom. The van der Waals surface area contributed by atoms with Crippen molar-refractivity contribution in [3.63, 3.8) is 0 Å². The summed E-state index contributed by atoms with van der Waals surface area (Å²) in [6, 6.07) is 17.2. The summed E-state index contributed by atoms with van der Waals surface area (Å²) in [6.07, 6.45) is 0.615. The minimum atomic E-state index is -1.34. The zero-order valence-electron chi connectivity index (χ0n) is 15.9. The van der Waals surface area contributed by atoms with E-state index in [4.69, 9.17) is 11.6 Å². The Labute approximate surface area is 170 Å². The molecule has 6 heteroatoms. The first-order valence-corrected chi connectivity index (χ1v) is 10.0. The van der Waals surface area contributed by atoms with Gasteiger partial charge in [0, 0.05) is 18.1 Å². The number of β-amino-alcohol motifs (C(OH)–C–C–N with tert-alkyl or cyclic N) is 1. The van der Waals surface area contributed by atoms with Crippen molar-refractivity contribution in [2.75, 3.05) is 26.2 Å². The smallest absolute Gasteiger partial charge is 0.227 e. The summed E-state index contributed by atoms with van der Waals surface area (Å²) in [4.78, 5) is 14.3. The van der Waals surface area contributed by atoms with Gasteiger partial charge in [-0.25, -0.2) is 0 Å². The molecule has 28 heavy (non-hydrogen) atoms. The van der Waals surface area contributed by atoms with Crippen LogP contribution in [0.4, 0.5) is 0 Å². The van der Waals surface area contributed by atoms with Gasteiger partial charge in [0.05, 0.1) is 19.1 Å². The molecule has 150 valence electrons. The monoisotopic (exact) mass is 402 g/mol. The van der Waals surface area contributed by atoms with Gasteiger partial charge in [0.2, 0.25) is 5.91 Å². The fourth-order valence-corrected chi connectivity index (χ4v) is 3.65. The number of aliphatic hydroxyl groups is 2. The third-order valence-electron chi connectivity index (χ3n) is 5.24. The van der Waals surface area contributed by atoms with Gasteiger partial charge in [-0.1, -0.05) is 54.1 Å². The van der Waals surface area contributed by atoms with Gasteiger partial charge < -0.3 is 20.4 Å². The molecular formula is C22H27ClN2O3. The Balaban J connectivity index is 1.50. The van der Waals surface area contributed by atoms with E-state index in [-0.39, 0.29) is 19.0 Å². The van der Waals surface area contributed by atoms with Crippen LogP contribution in [0, 0.1) is 0 Å². The lowest BCUT2D eigenvalue weighted by Crippen LogP contribution is -2.62. The molecule has 1 amide bonds. The molecule has 0 aromatic heterocycles. The third kappa shape index (κ3) is 5.55. The lowest BCUT2D eigenvalue weighted by Gasteiger charge is -2.43. The summed E-state index contributed by atoms with van der Waals surface area (Å²) >= 11 is 5.89. The first kappa shape index (κ1) is 20.8. The summed E-state index contributed by atoms with van der Waals surface area (Å²) < 4.78 is 0. The summed E-state index contributed by atoms with van der Waals surface area (Å²) in [5.74, 6) is -0.0299. The molecule has 5 nitrogen and oxygen atoms in total. The second-order valence-corrected chi connectivity index (χ2v) is 7.88. The molecule has 3 N–H and O–H groups in total. The normalized spacial score (nSPS) is 22.2. The van der Waals surface area contributed by atoms with E-state index in [0.29, 0.717) is 31.0 Å². The van der Waals surface area contributed by atoms with Gasteiger partial charge in [-0.2, -0.15) is 0 Å². The van der Waals surface area contributed by atoms with E-state index in [1.54, 1.807) is 4.90 Å². The first-order chi connectivity index (χ1) is 13.5. The first-order valence-electron chi connectivity index (χ1n) is 9.63. The number of carbonyl (C=O) groups is 1. The quantitative estimate of drug-likeness (QED) is 0.620. The molecule has 1 saturated heterocycles. The zero-order chi connectivity index (χ0) is 20.0. The molecular weight excluding hydrogens is 376 g/mol. The van der Waals surface area contributed by atoms with Crippen LogP contribution < -0.4 is 5.32 Å². The standard InChI is InChI=1S/C22H27ClN2O3/c23-19-8-6-17(7-9-19)10-12-24-15-22(28)16-25(13-11-20(22)26)21(27)14-18-4-2-1-3-5-18/h1-9,20,24,26,28H,10-16H2/t20-,22+/m0/s1. The molecule has 2 aromatic carbocycles. The van der Waals surface area contributed by atoms with Crippen LogP contribution in [0.5, 0.6) is 0 Å². The number of carbonyl (C=O) groups excluding carboxylic acids is 1. The molecule has 0 unspecified atom stereocenters. The van der Waals surface area contributed by atoms with E-state index >= 15 is 0 Å². The number of nitrogens with zero attached hydrogens (tertiary/aromatic N) is 1. The number of hydrogen-bond donors (Lipinski definition) is 3. The van der Waals surface area contributed by atoms with Gasteiger partial charge in [0.25, 0.3) is 0 Å². The highest BCUT2D eigenvalue weighted by atomic mass is 35.5. The van der Waals surface area contributed by atoms with Crippen molar-refractivity contribution < 1.29 is 15.0 Å². The molecule has 1 aliphatic rings. The van der Waals surface area contributed by atoms with Crippen LogP contribution in [-0.2, 0) is 17.6 Å². The van der Waals surface area contributed by atoms with Crippen molar-refractivity contribution in [1.29, 1.82) is 0 Å². The fraction of sp³-hybridized carbons (Fsp3) is 0.409. The molecule has 1 heterocycles. The SMILES string of the molecule is O=C(Cc1ccccc1)N1CC[C@H](O)[C@@](O)(CNCCc2ccc(Cl)cc2)C1. The number of aliphatic hydroxyl groups excluding tert-OH is 1. The van der Waals surface area contributed by atoms with E-state index in [1.165, 1.54) is 0 Å². The van der Waals surface area contributed by atoms with Crippen LogP contribution in [0.1, 0.15) is 17.5 Å². The van der Waals surface area contributed by atoms with Crippen molar-refractivity contribution in [2.45, 2.75) is 31.0 Å². The molecule has 0 aliphatic carbocycles. The molecule has 0 saturated carbocycles. The minimum absolute atomic E-state index is 0.0299. The molecule has 0 spiro atoms. The Kier molecular flexibility index (Phi) is 7.08. The average molecular weight is 403 g/mol. The van der Waals surface area contributed by atoms with Gasteiger partial charge in [0.15, 0.2) is 0 Å². The number of amides is 1. The van der Waals surface area contributed by atoms with Gasteiger partial charge >= 0.3 is 0 Å². The van der Waals surface area contributed by atoms with Gasteiger partial charge in [-0.3, -0.25) is 4.79 Å². The van der Waals surface area contributed by atoms with Crippen molar-refractivity contribution in [2.24, 2.45) is 0 Å². The Morgan fingerprint density at radius 3 is 2.57 bits per heavy atom. The number of piperidine rings is 1. The lowest BCUT2D eigenvalue weighted by molar-refractivity contribution is -0.150. The van der Waals surface area contributed by atoms with E-state index in [9.17, 15) is 15.0 Å². The molecule has 2 atom stereocenters. The number of benzene rings is 2. The number of likely N-dealkylation sites (tertiary alicyclic amines) is 1. The van der Waals surface area contributed by atoms with E-state index in [0.717, 1.165) is 17.5 Å². The van der Waals surface area contributed by atoms with E-state index < -0.39 is 11.7 Å². The van der Waals surface area contributed by atoms with Crippen molar-refractivity contribution in [3.8, 4) is 0 Å². The maximum atomic E-state index is 12.6. The zero-order valence-corrected chi connectivity index (χ0v) is 16.6. The summed E-state index contributed by atoms with van der Waals surface area (Å²) in [5.41, 5.74) is 0.751. The Morgan fingerprint density at radius 1 is 1.14 bits per heavy atom. The molecule has 2 aromatic rings. The van der Waals surface area contributed by atoms with Gasteiger partial charge in [0.1, 0.15) is 5.60 Å². The highest BCUT2D eigenvalue weighted by molar-refractivity contribution is 6.30. The minimum Gasteiger partial charge on any atom is -0.390 e. The van der Waals surface area contributed by atoms with Crippen LogP contribution in [-0.4, -0.2) is 58.9 Å². The molecule has 0 bridgehead atoms. The predicted octanol–water partition coefficient (Wildman–Crippen LogP) is 2.04. The highest BCUT2D eigenvalue weighted by Crippen LogP contribution is 2.22. The van der Waals surface area contributed by atoms with Crippen LogP contribution in [0.15, 0.2) is 54.6 Å². The van der Waals surface area contributed by atoms with Crippen molar-refractivity contribution in [3.05, 3.63) is 70.7 Å². The summed E-state index contributed by atoms with van der Waals surface area (Å²) in [7, 11) is 0. The van der Waals surface area contributed by atoms with Gasteiger partial charge in [-0.15, -0.1) is 0 Å². The fourth-order valence-electron chi connectivity index (χ4n) is 3.52. The lowest BCUT2D eigenvalue weighted by atomic mass is 9.89. The summed E-state index contributed by atoms with van der Waals surface area (Å²) in [6.45, 7) is 1.49. The Hall–Kier alpha value is -1.92. The maximum absolute atomic E-state index is 12.6. The van der Waals surface area contributed by atoms with Crippen molar-refractivity contribution >= 4 is 17.5 Å². The second kappa shape index (κ2) is 9.52. The topological polar surface area (TPSA) is 72.8 Å². The highest BCUT2D eigenvalue weighted by Gasteiger charge is 2.42. The number of nitrogens with one attached hydrogen (secondary N) is 1. The maximum Gasteiger partial charge on any atom is 0.227 e. The van der Waals surface area contributed by atoms with Crippen molar-refractivity contribution in [1.82, 2.24) is 10.2 Å². The van der Waals surface area contributed by atoms with Gasteiger partial charge in [-0.05, 0) is 42.6 Å². The molecule has 1 aliphatic heterocycles. The number of halogens is 1. The molecule has 3 rings (SSSR count). The predicted molar refractivity (Wildman–Crippen MR) is 110 cm³/mol. The Bertz CT molecular complexity index is 769. The van der Waals surface area contributed by atoms with Crippen LogP contribution >= 0.6 is 11.6 Å². The average Bonchev–Trinajstić information content (AvgIpc) is 2.70. The van der Waals surface area contributed by atoms with Crippen LogP contribution in [0.3, 0.4) is 0 Å². The number of rotatable bonds is 7. The third-order valence-corrected chi connectivity index (χ3v) is 5.50. The molecule has 1 fully saturated rings.